The minimum Gasteiger partial charge on any atom is -0.333 e. The molecule has 4 heteroatoms. The largest absolute Gasteiger partial charge is 0.333 e. The lowest BCUT2D eigenvalue weighted by atomic mass is 10.1. The van der Waals surface area contributed by atoms with E-state index in [2.05, 4.69) is 25.2 Å². The highest BCUT2D eigenvalue weighted by Crippen LogP contribution is 2.04. The molecule has 0 aliphatic carbocycles. The van der Waals surface area contributed by atoms with E-state index in [1.165, 1.54) is 0 Å². The van der Waals surface area contributed by atoms with Gasteiger partial charge in [0.25, 0.3) is 0 Å². The van der Waals surface area contributed by atoms with E-state index >= 15 is 0 Å². The zero-order valence-corrected chi connectivity index (χ0v) is 11.0. The molecule has 0 bridgehead atoms. The highest BCUT2D eigenvalue weighted by atomic mass is 16.2. The van der Waals surface area contributed by atoms with Crippen LogP contribution in [0.25, 0.3) is 0 Å². The number of nitrogens with one attached hydrogen (secondary N) is 1. The van der Waals surface area contributed by atoms with Crippen LogP contribution in [0.5, 0.6) is 0 Å². The highest BCUT2D eigenvalue weighted by molar-refractivity contribution is 5.74. The fraction of sp³-hybridized carbons (Fsp3) is 0.833. The van der Waals surface area contributed by atoms with Crippen molar-refractivity contribution in [3.63, 3.8) is 0 Å². The van der Waals surface area contributed by atoms with Crippen molar-refractivity contribution in [3.05, 3.63) is 0 Å². The zero-order valence-electron chi connectivity index (χ0n) is 11.0. The van der Waals surface area contributed by atoms with Gasteiger partial charge in [0.2, 0.25) is 0 Å². The van der Waals surface area contributed by atoms with Crippen LogP contribution in [0.1, 0.15) is 41.0 Å². The monoisotopic (exact) mass is 225 g/mol. The van der Waals surface area contributed by atoms with E-state index in [1.807, 2.05) is 20.8 Å². The van der Waals surface area contributed by atoms with E-state index in [9.17, 15) is 4.79 Å². The lowest BCUT2D eigenvalue weighted by Gasteiger charge is -2.29. The first kappa shape index (κ1) is 14.8. The van der Waals surface area contributed by atoms with Gasteiger partial charge >= 0.3 is 6.03 Å². The van der Waals surface area contributed by atoms with Crippen molar-refractivity contribution >= 4 is 6.03 Å². The molecular formula is C12H23N3O. The third kappa shape index (κ3) is 7.10. The van der Waals surface area contributed by atoms with Gasteiger partial charge in [0.1, 0.15) is 0 Å². The van der Waals surface area contributed by atoms with Crippen molar-refractivity contribution in [3.8, 4) is 6.07 Å². The molecule has 2 amide bonds. The van der Waals surface area contributed by atoms with E-state index in [0.29, 0.717) is 25.4 Å². The molecule has 0 unspecified atom stereocenters. The Morgan fingerprint density at radius 1 is 1.44 bits per heavy atom. The molecule has 0 fully saturated rings. The Balaban J connectivity index is 4.38. The maximum absolute atomic E-state index is 11.9. The number of amides is 2. The van der Waals surface area contributed by atoms with Crippen LogP contribution in [-0.4, -0.2) is 29.6 Å². The minimum atomic E-state index is -0.237. The molecule has 0 aromatic carbocycles. The summed E-state index contributed by atoms with van der Waals surface area (Å²) in [6.45, 7) is 11.1. The summed E-state index contributed by atoms with van der Waals surface area (Å²) in [6, 6.07) is 1.98. The van der Waals surface area contributed by atoms with Crippen molar-refractivity contribution in [1.29, 1.82) is 5.26 Å². The van der Waals surface area contributed by atoms with E-state index in [4.69, 9.17) is 5.26 Å². The molecule has 1 N–H and O–H groups in total. The van der Waals surface area contributed by atoms with Gasteiger partial charge in [0, 0.05) is 18.6 Å². The number of rotatable bonds is 4. The van der Waals surface area contributed by atoms with Gasteiger partial charge in [-0.3, -0.25) is 0 Å². The van der Waals surface area contributed by atoms with Crippen molar-refractivity contribution in [2.24, 2.45) is 5.92 Å². The molecule has 0 aliphatic heterocycles. The molecule has 4 nitrogen and oxygen atoms in total. The van der Waals surface area contributed by atoms with Gasteiger partial charge in [-0.05, 0) is 26.7 Å². The van der Waals surface area contributed by atoms with Crippen LogP contribution in [0.4, 0.5) is 4.79 Å². The van der Waals surface area contributed by atoms with Crippen LogP contribution < -0.4 is 5.32 Å². The van der Waals surface area contributed by atoms with Gasteiger partial charge in [0.15, 0.2) is 0 Å². The predicted molar refractivity (Wildman–Crippen MR) is 64.9 cm³/mol. The Hall–Kier alpha value is -1.24. The highest BCUT2D eigenvalue weighted by Gasteiger charge is 2.19. The Kier molecular flexibility index (Phi) is 5.87. The molecule has 0 aromatic rings. The number of hydrogen-bond acceptors (Lipinski definition) is 2. The SMILES string of the molecule is CC(C)CN(CCC#N)C(=O)NC(C)(C)C. The molecule has 0 heterocycles. The normalized spacial score (nSPS) is 11.1. The van der Waals surface area contributed by atoms with Crippen molar-refractivity contribution in [2.45, 2.75) is 46.6 Å². The topological polar surface area (TPSA) is 56.1 Å². The molecule has 0 spiro atoms. The lowest BCUT2D eigenvalue weighted by Crippen LogP contribution is -2.49. The summed E-state index contributed by atoms with van der Waals surface area (Å²) < 4.78 is 0. The number of urea groups is 1. The maximum atomic E-state index is 11.9. The van der Waals surface area contributed by atoms with Crippen LogP contribution in [-0.2, 0) is 0 Å². The van der Waals surface area contributed by atoms with Crippen LogP contribution >= 0.6 is 0 Å². The quantitative estimate of drug-likeness (QED) is 0.798. The summed E-state index contributed by atoms with van der Waals surface area (Å²) in [7, 11) is 0. The van der Waals surface area contributed by atoms with Gasteiger partial charge in [-0.2, -0.15) is 5.26 Å². The van der Waals surface area contributed by atoms with Gasteiger partial charge < -0.3 is 10.2 Å². The van der Waals surface area contributed by atoms with Gasteiger partial charge in [-0.25, -0.2) is 4.79 Å². The number of nitriles is 1. The molecule has 0 aromatic heterocycles. The van der Waals surface area contributed by atoms with Crippen LogP contribution in [0.15, 0.2) is 0 Å². The minimum absolute atomic E-state index is 0.0866. The van der Waals surface area contributed by atoms with Gasteiger partial charge in [0.05, 0.1) is 12.5 Å². The van der Waals surface area contributed by atoms with Crippen molar-refractivity contribution in [2.75, 3.05) is 13.1 Å². The third-order valence-corrected chi connectivity index (χ3v) is 1.85. The molecule has 0 saturated carbocycles. The standard InChI is InChI=1S/C12H23N3O/c1-10(2)9-15(8-6-7-13)11(16)14-12(3,4)5/h10H,6,8-9H2,1-5H3,(H,14,16). The summed E-state index contributed by atoms with van der Waals surface area (Å²) in [5.41, 5.74) is -0.237. The summed E-state index contributed by atoms with van der Waals surface area (Å²) in [5.74, 6) is 0.407. The molecule has 0 saturated heterocycles. The maximum Gasteiger partial charge on any atom is 0.317 e. The second-order valence-corrected chi connectivity index (χ2v) is 5.43. The zero-order chi connectivity index (χ0) is 12.8. The Labute approximate surface area is 98.6 Å². The Morgan fingerprint density at radius 3 is 2.38 bits per heavy atom. The van der Waals surface area contributed by atoms with E-state index in [1.54, 1.807) is 4.90 Å². The average Bonchev–Trinajstić information content (AvgIpc) is 2.08. The molecular weight excluding hydrogens is 202 g/mol. The molecule has 0 radical (unpaired) electrons. The number of carbonyl (C=O) groups excluding carboxylic acids is 1. The molecule has 16 heavy (non-hydrogen) atoms. The van der Waals surface area contributed by atoms with Crippen LogP contribution in [0.2, 0.25) is 0 Å². The number of hydrogen-bond donors (Lipinski definition) is 1. The summed E-state index contributed by atoms with van der Waals surface area (Å²) >= 11 is 0. The summed E-state index contributed by atoms with van der Waals surface area (Å²) in [4.78, 5) is 13.6. The molecule has 0 aliphatic rings. The van der Waals surface area contributed by atoms with Gasteiger partial charge in [-0.1, -0.05) is 13.8 Å². The fourth-order valence-corrected chi connectivity index (χ4v) is 1.30. The smallest absolute Gasteiger partial charge is 0.317 e. The molecule has 0 atom stereocenters. The lowest BCUT2D eigenvalue weighted by molar-refractivity contribution is 0.183. The Bertz CT molecular complexity index is 260. The van der Waals surface area contributed by atoms with Crippen LogP contribution in [0, 0.1) is 17.2 Å². The second-order valence-electron chi connectivity index (χ2n) is 5.43. The van der Waals surface area contributed by atoms with E-state index < -0.39 is 0 Å². The Morgan fingerprint density at radius 2 is 2.00 bits per heavy atom. The number of nitrogens with zero attached hydrogens (tertiary/aromatic N) is 2. The predicted octanol–water partition coefficient (Wildman–Crippen LogP) is 2.37. The van der Waals surface area contributed by atoms with E-state index in [0.717, 1.165) is 0 Å². The van der Waals surface area contributed by atoms with Gasteiger partial charge in [-0.15, -0.1) is 0 Å². The summed E-state index contributed by atoms with van der Waals surface area (Å²) in [5, 5.41) is 11.5. The van der Waals surface area contributed by atoms with E-state index in [-0.39, 0.29) is 11.6 Å². The van der Waals surface area contributed by atoms with Crippen molar-refractivity contribution in [1.82, 2.24) is 10.2 Å². The number of carbonyl (C=O) groups is 1. The first-order valence-corrected chi connectivity index (χ1v) is 5.70. The summed E-state index contributed by atoms with van der Waals surface area (Å²) in [6.07, 6.45) is 0.379. The first-order chi connectivity index (χ1) is 7.26. The first-order valence-electron chi connectivity index (χ1n) is 5.70. The van der Waals surface area contributed by atoms with Crippen LogP contribution in [0.3, 0.4) is 0 Å². The fourth-order valence-electron chi connectivity index (χ4n) is 1.30. The second kappa shape index (κ2) is 6.37. The average molecular weight is 225 g/mol. The molecule has 0 rings (SSSR count). The molecule has 92 valence electrons. The third-order valence-electron chi connectivity index (χ3n) is 1.85. The van der Waals surface area contributed by atoms with Crippen molar-refractivity contribution < 1.29 is 4.79 Å².